The lowest BCUT2D eigenvalue weighted by atomic mass is 9.96. The molecular weight excluding hydrogens is 563 g/mol. The minimum Gasteiger partial charge on any atom is -0.378 e. The van der Waals surface area contributed by atoms with E-state index in [4.69, 9.17) is 17.0 Å². The number of morpholine rings is 1. The van der Waals surface area contributed by atoms with Crippen LogP contribution in [-0.4, -0.2) is 58.3 Å². The summed E-state index contributed by atoms with van der Waals surface area (Å²) in [4.78, 5) is 21.9. The molecule has 0 radical (unpaired) electrons. The molecule has 8 nitrogen and oxygen atoms in total. The predicted molar refractivity (Wildman–Crippen MR) is 170 cm³/mol. The van der Waals surface area contributed by atoms with Gasteiger partial charge in [0, 0.05) is 55.0 Å². The van der Waals surface area contributed by atoms with Gasteiger partial charge < -0.3 is 29.7 Å². The molecule has 0 bridgehead atoms. The molecule has 2 aliphatic heterocycles. The highest BCUT2D eigenvalue weighted by molar-refractivity contribution is 7.80. The lowest BCUT2D eigenvalue weighted by Crippen LogP contribution is -2.36. The van der Waals surface area contributed by atoms with Crippen molar-refractivity contribution in [2.75, 3.05) is 43.1 Å². The summed E-state index contributed by atoms with van der Waals surface area (Å²) in [6.07, 6.45) is 1.92. The van der Waals surface area contributed by atoms with E-state index in [1.165, 1.54) is 11.8 Å². The van der Waals surface area contributed by atoms with Crippen LogP contribution >= 0.6 is 12.2 Å². The van der Waals surface area contributed by atoms with Crippen LogP contribution in [0, 0.1) is 19.7 Å². The van der Waals surface area contributed by atoms with Gasteiger partial charge in [-0.2, -0.15) is 0 Å². The molecular formula is C33H35FN6O2S. The van der Waals surface area contributed by atoms with E-state index in [0.717, 1.165) is 54.6 Å². The number of carbonyl (C=O) groups excluding carboxylic acids is 1. The summed E-state index contributed by atoms with van der Waals surface area (Å²) in [5.41, 5.74) is 6.60. The van der Waals surface area contributed by atoms with E-state index in [2.05, 4.69) is 74.2 Å². The van der Waals surface area contributed by atoms with Crippen LogP contribution in [0.2, 0.25) is 0 Å². The van der Waals surface area contributed by atoms with Crippen molar-refractivity contribution in [3.8, 4) is 5.69 Å². The number of benzene rings is 2. The monoisotopic (exact) mass is 598 g/mol. The molecule has 0 unspecified atom stereocenters. The second-order valence-corrected chi connectivity index (χ2v) is 11.3. The smallest absolute Gasteiger partial charge is 0.226 e. The summed E-state index contributed by atoms with van der Waals surface area (Å²) in [6.45, 7) is 7.87. The van der Waals surface area contributed by atoms with Gasteiger partial charge in [0.15, 0.2) is 5.11 Å². The molecule has 10 heteroatoms. The van der Waals surface area contributed by atoms with Gasteiger partial charge in [0.05, 0.1) is 36.7 Å². The molecule has 2 saturated heterocycles. The third-order valence-corrected chi connectivity index (χ3v) is 8.55. The first-order valence-electron chi connectivity index (χ1n) is 14.5. The molecule has 43 heavy (non-hydrogen) atoms. The summed E-state index contributed by atoms with van der Waals surface area (Å²) in [7, 11) is 0. The number of anilines is 2. The normalized spacial score (nSPS) is 18.5. The molecule has 2 atom stereocenters. The molecule has 0 aliphatic carbocycles. The summed E-state index contributed by atoms with van der Waals surface area (Å²) in [6, 6.07) is 22.5. The van der Waals surface area contributed by atoms with E-state index >= 15 is 0 Å². The van der Waals surface area contributed by atoms with Gasteiger partial charge in [-0.25, -0.2) is 4.39 Å². The van der Waals surface area contributed by atoms with Crippen molar-refractivity contribution in [3.05, 3.63) is 107 Å². The molecule has 2 N–H and O–H groups in total. The molecule has 2 aliphatic rings. The molecule has 2 aromatic carbocycles. The third kappa shape index (κ3) is 5.98. The highest BCUT2D eigenvalue weighted by Gasteiger charge is 2.41. The fourth-order valence-electron chi connectivity index (χ4n) is 6.10. The van der Waals surface area contributed by atoms with Crippen molar-refractivity contribution in [1.29, 1.82) is 0 Å². The minimum absolute atomic E-state index is 0.142. The second kappa shape index (κ2) is 12.5. The molecule has 6 rings (SSSR count). The van der Waals surface area contributed by atoms with E-state index in [1.54, 1.807) is 24.4 Å². The van der Waals surface area contributed by atoms with E-state index in [9.17, 15) is 9.18 Å². The Morgan fingerprint density at radius 1 is 1.05 bits per heavy atom. The average molecular weight is 599 g/mol. The minimum atomic E-state index is -0.465. The zero-order valence-electron chi connectivity index (χ0n) is 24.3. The largest absolute Gasteiger partial charge is 0.378 e. The van der Waals surface area contributed by atoms with E-state index < -0.39 is 5.82 Å². The van der Waals surface area contributed by atoms with E-state index in [-0.39, 0.29) is 30.1 Å². The van der Waals surface area contributed by atoms with Gasteiger partial charge in [-0.3, -0.25) is 9.78 Å². The average Bonchev–Trinajstić information content (AvgIpc) is 3.52. The van der Waals surface area contributed by atoms with Gasteiger partial charge in [-0.15, -0.1) is 0 Å². The number of nitrogens with zero attached hydrogens (tertiary/aromatic N) is 4. The Morgan fingerprint density at radius 2 is 1.77 bits per heavy atom. The first-order chi connectivity index (χ1) is 20.9. The zero-order chi connectivity index (χ0) is 29.9. The fourth-order valence-corrected chi connectivity index (χ4v) is 6.43. The number of nitrogens with one attached hydrogen (secondary N) is 2. The van der Waals surface area contributed by atoms with Gasteiger partial charge in [0.2, 0.25) is 5.91 Å². The SMILES string of the molecule is Cc1cc([C@@H]2[C@H](c3ccccn3)NC(=S)N2CCC(=O)Nc2ccccc2F)c(C)n1-c1ccc(N2CCOCC2)cc1. The molecule has 4 heterocycles. The first-order valence-corrected chi connectivity index (χ1v) is 15.0. The van der Waals surface area contributed by atoms with Gasteiger partial charge >= 0.3 is 0 Å². The van der Waals surface area contributed by atoms with Crippen LogP contribution in [0.25, 0.3) is 5.69 Å². The molecule has 222 valence electrons. The van der Waals surface area contributed by atoms with Crippen molar-refractivity contribution in [1.82, 2.24) is 19.8 Å². The summed E-state index contributed by atoms with van der Waals surface area (Å²) in [5.74, 6) is -0.744. The highest BCUT2D eigenvalue weighted by Crippen LogP contribution is 2.41. The number of hydrogen-bond acceptors (Lipinski definition) is 5. The predicted octanol–water partition coefficient (Wildman–Crippen LogP) is 5.47. The topological polar surface area (TPSA) is 74.7 Å². The molecule has 1 amide bonds. The number of amides is 1. The maximum absolute atomic E-state index is 14.1. The summed E-state index contributed by atoms with van der Waals surface area (Å²) >= 11 is 5.82. The molecule has 4 aromatic rings. The van der Waals surface area contributed by atoms with Crippen molar-refractivity contribution < 1.29 is 13.9 Å². The van der Waals surface area contributed by atoms with Gasteiger partial charge in [-0.05, 0) is 86.2 Å². The summed E-state index contributed by atoms with van der Waals surface area (Å²) in [5, 5.41) is 6.71. The van der Waals surface area contributed by atoms with Gasteiger partial charge in [-0.1, -0.05) is 18.2 Å². The Kier molecular flexibility index (Phi) is 8.40. The number of carbonyl (C=O) groups is 1. The van der Waals surface area contributed by atoms with Crippen LogP contribution in [0.3, 0.4) is 0 Å². The quantitative estimate of drug-likeness (QED) is 0.261. The van der Waals surface area contributed by atoms with E-state index in [0.29, 0.717) is 11.7 Å². The Hall–Kier alpha value is -4.28. The first kappa shape index (κ1) is 28.8. The van der Waals surface area contributed by atoms with Crippen LogP contribution < -0.4 is 15.5 Å². The number of ether oxygens (including phenoxy) is 1. The standard InChI is InChI=1S/C33H35FN6O2S/c1-22-21-26(23(2)40(22)25-12-10-24(11-13-25)38-17-19-42-20-18-38)32-31(29-9-5-6-15-35-29)37-33(43)39(32)16-14-30(41)36-28-8-4-3-7-27(28)34/h3-13,15,21,31-32H,14,16-20H2,1-2H3,(H,36,41)(H,37,43)/t31-,32+/m0/s1. The number of hydrogen-bond donors (Lipinski definition) is 2. The fraction of sp³-hybridized carbons (Fsp3) is 0.303. The Bertz CT molecular complexity index is 1600. The molecule has 0 spiro atoms. The zero-order valence-corrected chi connectivity index (χ0v) is 25.1. The Morgan fingerprint density at radius 3 is 2.49 bits per heavy atom. The number of thiocarbonyl (C=S) groups is 1. The van der Waals surface area contributed by atoms with Gasteiger partial charge in [0.25, 0.3) is 0 Å². The number of aromatic nitrogens is 2. The maximum atomic E-state index is 14.1. The van der Waals surface area contributed by atoms with Crippen molar-refractivity contribution in [2.45, 2.75) is 32.4 Å². The van der Waals surface area contributed by atoms with Crippen LogP contribution in [0.5, 0.6) is 0 Å². The van der Waals surface area contributed by atoms with Crippen LogP contribution in [0.15, 0.2) is 79.0 Å². The van der Waals surface area contributed by atoms with Crippen molar-refractivity contribution in [2.24, 2.45) is 0 Å². The second-order valence-electron chi connectivity index (χ2n) is 10.9. The number of halogens is 1. The lowest BCUT2D eigenvalue weighted by Gasteiger charge is -2.29. The van der Waals surface area contributed by atoms with Crippen molar-refractivity contribution in [3.63, 3.8) is 0 Å². The van der Waals surface area contributed by atoms with Crippen LogP contribution in [0.1, 0.15) is 41.1 Å². The lowest BCUT2D eigenvalue weighted by molar-refractivity contribution is -0.116. The maximum Gasteiger partial charge on any atom is 0.226 e. The highest BCUT2D eigenvalue weighted by atomic mass is 32.1. The molecule has 0 saturated carbocycles. The van der Waals surface area contributed by atoms with Crippen LogP contribution in [0.4, 0.5) is 15.8 Å². The van der Waals surface area contributed by atoms with E-state index in [1.807, 2.05) is 18.2 Å². The molecule has 2 aromatic heterocycles. The Balaban J connectivity index is 1.29. The van der Waals surface area contributed by atoms with Gasteiger partial charge in [0.1, 0.15) is 5.82 Å². The summed E-state index contributed by atoms with van der Waals surface area (Å²) < 4.78 is 21.9. The Labute approximate surface area is 256 Å². The number of para-hydroxylation sites is 1. The third-order valence-electron chi connectivity index (χ3n) is 8.20. The molecule has 2 fully saturated rings. The number of pyridine rings is 1. The van der Waals surface area contributed by atoms with Crippen molar-refractivity contribution >= 4 is 34.6 Å². The van der Waals surface area contributed by atoms with Crippen LogP contribution in [-0.2, 0) is 9.53 Å². The number of aryl methyl sites for hydroxylation is 1. The number of rotatable bonds is 8.